The van der Waals surface area contributed by atoms with Crippen molar-refractivity contribution in [2.45, 2.75) is 45.8 Å². The Hall–Kier alpha value is -2.66. The lowest BCUT2D eigenvalue weighted by Crippen LogP contribution is -2.34. The van der Waals surface area contributed by atoms with Crippen LogP contribution in [0.4, 0.5) is 0 Å². The van der Waals surface area contributed by atoms with Gasteiger partial charge in [0, 0.05) is 18.2 Å². The molecule has 2 aromatic rings. The lowest BCUT2D eigenvalue weighted by Gasteiger charge is -2.14. The van der Waals surface area contributed by atoms with Crippen LogP contribution in [0.2, 0.25) is 0 Å². The van der Waals surface area contributed by atoms with Crippen molar-refractivity contribution in [2.24, 2.45) is 5.73 Å². The van der Waals surface area contributed by atoms with Crippen LogP contribution in [0, 0.1) is 6.92 Å². The van der Waals surface area contributed by atoms with Gasteiger partial charge in [-0.05, 0) is 43.5 Å². The lowest BCUT2D eigenvalue weighted by atomic mass is 10.0. The molecule has 26 heavy (non-hydrogen) atoms. The molecule has 0 heterocycles. The second-order valence-electron chi connectivity index (χ2n) is 6.59. The van der Waals surface area contributed by atoms with Crippen molar-refractivity contribution >= 4 is 11.8 Å². The minimum absolute atomic E-state index is 0.108. The number of benzene rings is 2. The number of hydrogen-bond acceptors (Lipinski definition) is 3. The summed E-state index contributed by atoms with van der Waals surface area (Å²) in [5, 5.41) is 5.77. The van der Waals surface area contributed by atoms with Gasteiger partial charge in [0.1, 0.15) is 6.04 Å². The summed E-state index contributed by atoms with van der Waals surface area (Å²) in [6, 6.07) is 14.2. The monoisotopic (exact) mass is 353 g/mol. The normalized spacial score (nSPS) is 12.9. The highest BCUT2D eigenvalue weighted by Crippen LogP contribution is 2.12. The smallest absolute Gasteiger partial charge is 0.251 e. The fourth-order valence-electron chi connectivity index (χ4n) is 2.46. The van der Waals surface area contributed by atoms with E-state index >= 15 is 0 Å². The van der Waals surface area contributed by atoms with Crippen LogP contribution in [0.15, 0.2) is 48.5 Å². The van der Waals surface area contributed by atoms with E-state index in [0.717, 1.165) is 23.1 Å². The van der Waals surface area contributed by atoms with Crippen molar-refractivity contribution < 1.29 is 9.59 Å². The van der Waals surface area contributed by atoms with Gasteiger partial charge in [0.15, 0.2) is 0 Å². The van der Waals surface area contributed by atoms with Crippen molar-refractivity contribution in [3.63, 3.8) is 0 Å². The molecule has 0 aliphatic heterocycles. The van der Waals surface area contributed by atoms with E-state index in [1.165, 1.54) is 0 Å². The minimum Gasteiger partial charge on any atom is -0.350 e. The van der Waals surface area contributed by atoms with Crippen LogP contribution in [0.5, 0.6) is 0 Å². The van der Waals surface area contributed by atoms with Gasteiger partial charge in [-0.25, -0.2) is 0 Å². The van der Waals surface area contributed by atoms with Crippen LogP contribution in [-0.4, -0.2) is 17.9 Å². The Bertz CT molecular complexity index is 756. The highest BCUT2D eigenvalue weighted by molar-refractivity contribution is 5.94. The number of nitrogens with two attached hydrogens (primary N) is 1. The molecule has 138 valence electrons. The molecule has 0 saturated heterocycles. The van der Waals surface area contributed by atoms with Crippen molar-refractivity contribution in [1.29, 1.82) is 0 Å². The van der Waals surface area contributed by atoms with Gasteiger partial charge in [0.2, 0.25) is 5.91 Å². The highest BCUT2D eigenvalue weighted by Gasteiger charge is 2.15. The third kappa shape index (κ3) is 5.43. The lowest BCUT2D eigenvalue weighted by molar-refractivity contribution is -0.122. The summed E-state index contributed by atoms with van der Waals surface area (Å²) in [5.41, 5.74) is 9.35. The van der Waals surface area contributed by atoms with Gasteiger partial charge in [-0.3, -0.25) is 9.59 Å². The molecule has 2 unspecified atom stereocenters. The SMILES string of the molecule is CCC(C)NC(=O)c1cccc(CNC(=O)C(N)c2ccc(C)cc2)c1. The molecule has 2 atom stereocenters. The average Bonchev–Trinajstić information content (AvgIpc) is 2.66. The summed E-state index contributed by atoms with van der Waals surface area (Å²) in [7, 11) is 0. The maximum Gasteiger partial charge on any atom is 0.251 e. The fourth-order valence-corrected chi connectivity index (χ4v) is 2.46. The number of rotatable bonds is 7. The quantitative estimate of drug-likeness (QED) is 0.716. The molecular weight excluding hydrogens is 326 g/mol. The number of hydrogen-bond donors (Lipinski definition) is 3. The predicted octanol–water partition coefficient (Wildman–Crippen LogP) is 2.84. The first-order valence-electron chi connectivity index (χ1n) is 8.90. The third-order valence-corrected chi connectivity index (χ3v) is 4.36. The summed E-state index contributed by atoms with van der Waals surface area (Å²) in [6.45, 7) is 6.30. The molecule has 2 amide bonds. The van der Waals surface area contributed by atoms with Crippen molar-refractivity contribution in [3.8, 4) is 0 Å². The molecule has 4 N–H and O–H groups in total. The Labute approximate surface area is 155 Å². The van der Waals surface area contributed by atoms with Crippen LogP contribution >= 0.6 is 0 Å². The van der Waals surface area contributed by atoms with Crippen molar-refractivity contribution in [1.82, 2.24) is 10.6 Å². The zero-order valence-electron chi connectivity index (χ0n) is 15.6. The molecule has 0 fully saturated rings. The van der Waals surface area contributed by atoms with Gasteiger partial charge in [-0.15, -0.1) is 0 Å². The van der Waals surface area contributed by atoms with Gasteiger partial charge in [0.25, 0.3) is 5.91 Å². The van der Waals surface area contributed by atoms with Crippen LogP contribution in [0.25, 0.3) is 0 Å². The van der Waals surface area contributed by atoms with Crippen LogP contribution in [0.3, 0.4) is 0 Å². The molecule has 0 saturated carbocycles. The summed E-state index contributed by atoms with van der Waals surface area (Å²) < 4.78 is 0. The standard InChI is InChI=1S/C21H27N3O2/c1-4-15(3)24-20(25)18-7-5-6-16(12-18)13-23-21(26)19(22)17-10-8-14(2)9-11-17/h5-12,15,19H,4,13,22H2,1-3H3,(H,23,26)(H,24,25). The Morgan fingerprint density at radius 2 is 1.81 bits per heavy atom. The zero-order chi connectivity index (χ0) is 19.1. The van der Waals surface area contributed by atoms with Crippen LogP contribution in [-0.2, 0) is 11.3 Å². The van der Waals surface area contributed by atoms with E-state index in [1.54, 1.807) is 12.1 Å². The van der Waals surface area contributed by atoms with Gasteiger partial charge < -0.3 is 16.4 Å². The Morgan fingerprint density at radius 3 is 2.46 bits per heavy atom. The first-order valence-corrected chi connectivity index (χ1v) is 8.90. The number of carbonyl (C=O) groups is 2. The summed E-state index contributed by atoms with van der Waals surface area (Å²) in [6.07, 6.45) is 0.873. The first-order chi connectivity index (χ1) is 12.4. The molecule has 0 radical (unpaired) electrons. The zero-order valence-corrected chi connectivity index (χ0v) is 15.6. The van der Waals surface area contributed by atoms with Crippen LogP contribution in [0.1, 0.15) is 53.4 Å². The first kappa shape index (κ1) is 19.7. The summed E-state index contributed by atoms with van der Waals surface area (Å²) in [4.78, 5) is 24.5. The summed E-state index contributed by atoms with van der Waals surface area (Å²) in [5.74, 6) is -0.354. The molecule has 5 nitrogen and oxygen atoms in total. The number of nitrogens with one attached hydrogen (secondary N) is 2. The molecule has 2 rings (SSSR count). The van der Waals surface area contributed by atoms with E-state index in [2.05, 4.69) is 10.6 Å². The van der Waals surface area contributed by atoms with Gasteiger partial charge in [-0.2, -0.15) is 0 Å². The maximum absolute atomic E-state index is 12.3. The minimum atomic E-state index is -0.715. The van der Waals surface area contributed by atoms with E-state index in [4.69, 9.17) is 5.73 Å². The topological polar surface area (TPSA) is 84.2 Å². The molecular formula is C21H27N3O2. The molecule has 0 aliphatic rings. The Morgan fingerprint density at radius 1 is 1.12 bits per heavy atom. The van der Waals surface area contributed by atoms with E-state index in [9.17, 15) is 9.59 Å². The van der Waals surface area contributed by atoms with Gasteiger partial charge in [0.05, 0.1) is 0 Å². The molecule has 0 aliphatic carbocycles. The van der Waals surface area contributed by atoms with E-state index < -0.39 is 6.04 Å². The van der Waals surface area contributed by atoms with Crippen molar-refractivity contribution in [3.05, 3.63) is 70.8 Å². The number of amides is 2. The van der Waals surface area contributed by atoms with Gasteiger partial charge in [-0.1, -0.05) is 48.9 Å². The van der Waals surface area contributed by atoms with E-state index in [-0.39, 0.29) is 17.9 Å². The largest absolute Gasteiger partial charge is 0.350 e. The van der Waals surface area contributed by atoms with Crippen molar-refractivity contribution in [2.75, 3.05) is 0 Å². The molecule has 0 bridgehead atoms. The summed E-state index contributed by atoms with van der Waals surface area (Å²) >= 11 is 0. The number of aryl methyl sites for hydroxylation is 1. The predicted molar refractivity (Wildman–Crippen MR) is 104 cm³/mol. The maximum atomic E-state index is 12.3. The second-order valence-corrected chi connectivity index (χ2v) is 6.59. The second kappa shape index (κ2) is 9.15. The highest BCUT2D eigenvalue weighted by atomic mass is 16.2. The third-order valence-electron chi connectivity index (χ3n) is 4.36. The van der Waals surface area contributed by atoms with E-state index in [0.29, 0.717) is 12.1 Å². The molecule has 2 aromatic carbocycles. The molecule has 0 aromatic heterocycles. The average molecular weight is 353 g/mol. The van der Waals surface area contributed by atoms with Crippen LogP contribution < -0.4 is 16.4 Å². The number of carbonyl (C=O) groups excluding carboxylic acids is 2. The Kier molecular flexibility index (Phi) is 6.92. The molecule has 0 spiro atoms. The fraction of sp³-hybridized carbons (Fsp3) is 0.333. The Balaban J connectivity index is 1.96. The van der Waals surface area contributed by atoms with E-state index in [1.807, 2.05) is 57.2 Å². The molecule has 5 heteroatoms. The van der Waals surface area contributed by atoms with Gasteiger partial charge >= 0.3 is 0 Å².